The second-order valence-electron chi connectivity index (χ2n) is 26.0. The third kappa shape index (κ3) is 75.6. The van der Waals surface area contributed by atoms with Crippen molar-refractivity contribution in [2.45, 2.75) is 349 Å². The Hall–Kier alpha value is 0.800. The van der Waals surface area contributed by atoms with Crippen LogP contribution in [0.3, 0.4) is 0 Å². The van der Waals surface area contributed by atoms with Crippen molar-refractivity contribution < 1.29 is 18.9 Å². The van der Waals surface area contributed by atoms with Gasteiger partial charge in [-0.05, 0) is 94.4 Å². The maximum atomic E-state index is 5.30. The van der Waals surface area contributed by atoms with E-state index in [0.29, 0.717) is 48.3 Å². The van der Waals surface area contributed by atoms with E-state index in [1.165, 1.54) is 68.6 Å². The van der Waals surface area contributed by atoms with Crippen molar-refractivity contribution in [3.05, 3.63) is 0 Å². The molecule has 9 N–H and O–H groups in total. The summed E-state index contributed by atoms with van der Waals surface area (Å²) >= 11 is 8.11. The summed E-state index contributed by atoms with van der Waals surface area (Å²) in [5.41, 5.74) is 0. The molecule has 7 atom stereocenters. The molecule has 19 heteroatoms. The molecule has 100 heavy (non-hydrogen) atoms. The molecule has 0 aliphatic carbocycles. The number of ether oxygens (including phenoxy) is 4. The zero-order valence-electron chi connectivity index (χ0n) is 74.0. The van der Waals surface area contributed by atoms with Crippen LogP contribution in [-0.2, 0) is 18.9 Å². The number of rotatable bonds is 10. The highest BCUT2D eigenvalue weighted by Crippen LogP contribution is 2.22. The average molecular weight is 1510 g/mol. The van der Waals surface area contributed by atoms with Gasteiger partial charge in [-0.3, -0.25) is 25.8 Å². The Morgan fingerprint density at radius 3 is 1.16 bits per heavy atom. The minimum Gasteiger partial charge on any atom is -0.365 e. The molecule has 10 rings (SSSR count). The van der Waals surface area contributed by atoms with E-state index >= 15 is 0 Å². The maximum Gasteiger partial charge on any atom is 0.110 e. The Morgan fingerprint density at radius 2 is 0.950 bits per heavy atom. The van der Waals surface area contributed by atoms with Crippen molar-refractivity contribution in [1.29, 1.82) is 0 Å². The van der Waals surface area contributed by atoms with Gasteiger partial charge in [0.05, 0.1) is 57.7 Å². The van der Waals surface area contributed by atoms with E-state index in [4.69, 9.17) is 18.9 Å². The molecule has 0 bridgehead atoms. The monoisotopic (exact) mass is 1510 g/mol. The quantitative estimate of drug-likeness (QED) is 0.102. The van der Waals surface area contributed by atoms with Gasteiger partial charge in [0.15, 0.2) is 0 Å². The molecule has 0 amide bonds. The fourth-order valence-electron chi connectivity index (χ4n) is 9.25. The van der Waals surface area contributed by atoms with Crippen molar-refractivity contribution in [3.63, 3.8) is 0 Å². The molecule has 10 fully saturated rings. The van der Waals surface area contributed by atoms with Crippen molar-refractivity contribution in [2.24, 2.45) is 47.3 Å². The number of thioether (sulfide) groups is 4. The van der Waals surface area contributed by atoms with Crippen LogP contribution in [0.5, 0.6) is 0 Å². The molecule has 10 heterocycles. The Bertz CT molecular complexity index is 1080. The molecule has 10 aliphatic heterocycles. The van der Waals surface area contributed by atoms with Crippen LogP contribution in [-0.4, -0.2) is 203 Å². The third-order valence-corrected chi connectivity index (χ3v) is 20.4. The van der Waals surface area contributed by atoms with Crippen LogP contribution < -0.4 is 47.9 Å². The lowest BCUT2D eigenvalue weighted by Crippen LogP contribution is -2.37. The van der Waals surface area contributed by atoms with E-state index in [-0.39, 0.29) is 7.43 Å². The lowest BCUT2D eigenvalue weighted by Gasteiger charge is -2.26. The topological polar surface area (TPSA) is 152 Å². The van der Waals surface area contributed by atoms with E-state index < -0.39 is 0 Å². The zero-order valence-corrected chi connectivity index (χ0v) is 77.3. The summed E-state index contributed by atoms with van der Waals surface area (Å²) in [6.45, 7) is 95.9. The van der Waals surface area contributed by atoms with Crippen molar-refractivity contribution in [1.82, 2.24) is 57.7 Å². The minimum absolute atomic E-state index is 0. The van der Waals surface area contributed by atoms with Crippen LogP contribution in [0.2, 0.25) is 0 Å². The zero-order chi connectivity index (χ0) is 78.5. The molecule has 15 nitrogen and oxygen atoms in total. The predicted octanol–water partition coefficient (Wildman–Crippen LogP) is 19.6. The molecule has 10 saturated heterocycles. The van der Waals surface area contributed by atoms with Crippen molar-refractivity contribution in [2.75, 3.05) is 134 Å². The van der Waals surface area contributed by atoms with Gasteiger partial charge in [-0.25, -0.2) is 0 Å². The van der Waals surface area contributed by atoms with Crippen LogP contribution in [0.25, 0.3) is 0 Å². The first-order valence-corrected chi connectivity index (χ1v) is 45.8. The van der Waals surface area contributed by atoms with Gasteiger partial charge in [-0.1, -0.05) is 249 Å². The first kappa shape index (κ1) is 122. The summed E-state index contributed by atoms with van der Waals surface area (Å²) in [4.78, 5) is 4.80. The van der Waals surface area contributed by atoms with Gasteiger partial charge in [-0.2, -0.15) is 0 Å². The van der Waals surface area contributed by atoms with Gasteiger partial charge in [0.25, 0.3) is 0 Å². The highest BCUT2D eigenvalue weighted by atomic mass is 32.2. The van der Waals surface area contributed by atoms with Gasteiger partial charge in [0, 0.05) is 123 Å². The van der Waals surface area contributed by atoms with Gasteiger partial charge < -0.3 is 50.8 Å². The number of hydrogen-bond donors (Lipinski definition) is 9. The summed E-state index contributed by atoms with van der Waals surface area (Å²) in [7, 11) is 0. The first-order valence-electron chi connectivity index (χ1n) is 41.4. The summed E-state index contributed by atoms with van der Waals surface area (Å²) in [5.74, 6) is 13.5. The van der Waals surface area contributed by atoms with E-state index in [0.717, 1.165) is 143 Å². The lowest BCUT2D eigenvalue weighted by atomic mass is 9.95. The molecule has 0 aromatic carbocycles. The van der Waals surface area contributed by atoms with Crippen LogP contribution in [0.1, 0.15) is 290 Å². The fourth-order valence-corrected chi connectivity index (χ4v) is 13.8. The van der Waals surface area contributed by atoms with E-state index in [9.17, 15) is 0 Å². The van der Waals surface area contributed by atoms with Crippen molar-refractivity contribution in [3.8, 4) is 0 Å². The van der Waals surface area contributed by atoms with Gasteiger partial charge in [-0.15, -0.1) is 47.0 Å². The number of nitrogens with one attached hydrogen (secondary N) is 9. The normalized spacial score (nSPS) is 22.9. The Morgan fingerprint density at radius 1 is 0.390 bits per heavy atom. The van der Waals surface area contributed by atoms with E-state index in [1.54, 1.807) is 0 Å². The van der Waals surface area contributed by atoms with Crippen LogP contribution in [0.4, 0.5) is 0 Å². The maximum absolute atomic E-state index is 5.30. The number of hydrogen-bond acceptors (Lipinski definition) is 19. The second-order valence-corrected chi connectivity index (χ2v) is 30.6. The van der Waals surface area contributed by atoms with E-state index in [2.05, 4.69) is 196 Å². The second kappa shape index (κ2) is 94.0. The molecular weight excluding hydrogens is 1320 g/mol. The largest absolute Gasteiger partial charge is 0.365 e. The smallest absolute Gasteiger partial charge is 0.110 e. The molecule has 10 aliphatic rings. The van der Waals surface area contributed by atoms with Crippen molar-refractivity contribution >= 4 is 47.0 Å². The minimum atomic E-state index is 0. The standard InChI is InChI=1S/C8H17N.C6H14N2.4C6H13NO.4C6H13NS.9C2H6.CH4/c1-7(2)8-5-3-4-6-9-8;1-5(2)6-7-3-4-8-6;1-5(2)6-3-8-4-7-6;1-5(2)6-3-7-4-8-6;1-6(2)7-3-4-8-5-7;1-5(2)6-7-3-4-8-6;1-5(2)6-3-8-4-7-6;1-5(2)6-3-7-4-8-6;1-6(2)7-3-4-8-5-7;1-5(2)6-7-3-4-8-6;9*1-2;/h7-9H,3-6H2,1-2H3;5-8H,3-4H2,1-2H3;2*5-7H,3-4H2,1-2H3;6H,3-5H2,1-2H3;3*5-7H,3-4H2,1-2H3;6H,3-5H2,1-2H3;5-7H,3-4H2,1-2H3;9*1-2H3;1H4. The molecule has 620 valence electrons. The highest BCUT2D eigenvalue weighted by Gasteiger charge is 2.22. The number of piperidine rings is 1. The molecule has 0 radical (unpaired) electrons. The summed E-state index contributed by atoms with van der Waals surface area (Å²) in [6.07, 6.45) is 5.52. The molecule has 0 aromatic rings. The molecule has 7 unspecified atom stereocenters. The summed E-state index contributed by atoms with van der Waals surface area (Å²) in [6, 6.07) is 3.58. The van der Waals surface area contributed by atoms with Crippen LogP contribution >= 0.6 is 47.0 Å². The van der Waals surface area contributed by atoms with Crippen LogP contribution in [0, 0.1) is 47.3 Å². The van der Waals surface area contributed by atoms with Gasteiger partial charge >= 0.3 is 0 Å². The average Bonchev–Trinajstić information content (AvgIpc) is 2.57. The summed E-state index contributed by atoms with van der Waals surface area (Å²) in [5, 5.41) is 31.6. The molecule has 0 saturated carbocycles. The van der Waals surface area contributed by atoms with E-state index in [1.807, 2.05) is 172 Å². The predicted molar refractivity (Wildman–Crippen MR) is 471 cm³/mol. The molecule has 0 spiro atoms. The summed E-state index contributed by atoms with van der Waals surface area (Å²) < 4.78 is 20.9. The number of nitrogens with zero attached hydrogens (tertiary/aromatic N) is 2. The molecule has 0 aromatic heterocycles. The molecular formula is C81H193N11O4S4. The fraction of sp³-hybridized carbons (Fsp3) is 1.00. The van der Waals surface area contributed by atoms with Crippen LogP contribution in [0.15, 0.2) is 0 Å². The Labute approximate surface area is 649 Å². The highest BCUT2D eigenvalue weighted by molar-refractivity contribution is 8.00. The van der Waals surface area contributed by atoms with Gasteiger partial charge in [0.2, 0.25) is 0 Å². The third-order valence-electron chi connectivity index (χ3n) is 15.5. The Kier molecular flexibility index (Phi) is 114. The van der Waals surface area contributed by atoms with Gasteiger partial charge in [0.1, 0.15) is 6.23 Å². The first-order chi connectivity index (χ1) is 47.5. The SMILES string of the molecule is C.CC.CC.CC.CC.CC.CC.CC.CC.CC.CC(C)C1CCCCN1.CC(C)C1CNCO1.CC(C)C1CNCS1.CC(C)C1COCN1.CC(C)C1CSCN1.CC(C)C1NCCN1.CC(C)C1NCCO1.CC(C)C1NCCS1.CC(C)N1CCOC1.CC(C)N1CCSC1. The lowest BCUT2D eigenvalue weighted by molar-refractivity contribution is 0.0650. The Balaban J connectivity index is -0.000000110.